The maximum absolute atomic E-state index is 13.1. The van der Waals surface area contributed by atoms with Gasteiger partial charge in [-0.25, -0.2) is 9.97 Å². The van der Waals surface area contributed by atoms with Crippen LogP contribution in [0.5, 0.6) is 5.75 Å². The van der Waals surface area contributed by atoms with Crippen molar-refractivity contribution in [2.24, 2.45) is 0 Å². The molecule has 1 aromatic carbocycles. The number of ether oxygens (including phenoxy) is 1. The monoisotopic (exact) mass is 333 g/mol. The van der Waals surface area contributed by atoms with Crippen LogP contribution in [0.2, 0.25) is 0 Å². The zero-order valence-corrected chi connectivity index (χ0v) is 13.7. The van der Waals surface area contributed by atoms with E-state index in [0.717, 1.165) is 39.0 Å². The van der Waals surface area contributed by atoms with Crippen LogP contribution in [0.3, 0.4) is 0 Å². The number of hydrogen-bond donors (Lipinski definition) is 1. The van der Waals surface area contributed by atoms with Gasteiger partial charge in [0.1, 0.15) is 11.4 Å². The lowest BCUT2D eigenvalue weighted by Crippen LogP contribution is -1.93. The Hall–Kier alpha value is -3.21. The van der Waals surface area contributed by atoms with E-state index in [9.17, 15) is 4.39 Å². The highest BCUT2D eigenvalue weighted by Crippen LogP contribution is 2.36. The van der Waals surface area contributed by atoms with Gasteiger partial charge in [-0.15, -0.1) is 0 Å². The molecule has 0 saturated carbocycles. The minimum absolute atomic E-state index is 0.495. The van der Waals surface area contributed by atoms with Gasteiger partial charge >= 0.3 is 0 Å². The molecule has 5 heteroatoms. The van der Waals surface area contributed by atoms with Crippen molar-refractivity contribution in [2.45, 2.75) is 6.92 Å². The van der Waals surface area contributed by atoms with E-state index in [1.165, 1.54) is 12.3 Å². The van der Waals surface area contributed by atoms with Gasteiger partial charge in [0.25, 0.3) is 0 Å². The number of aromatic nitrogens is 3. The van der Waals surface area contributed by atoms with Crippen molar-refractivity contribution in [1.29, 1.82) is 0 Å². The van der Waals surface area contributed by atoms with Crippen LogP contribution in [0.1, 0.15) is 6.92 Å². The molecule has 0 atom stereocenters. The topological polar surface area (TPSA) is 50.8 Å². The fraction of sp³-hybridized carbons (Fsp3) is 0.100. The first-order valence-corrected chi connectivity index (χ1v) is 8.07. The van der Waals surface area contributed by atoms with Crippen molar-refractivity contribution >= 4 is 11.0 Å². The third-order valence-electron chi connectivity index (χ3n) is 4.07. The Kier molecular flexibility index (Phi) is 3.90. The predicted molar refractivity (Wildman–Crippen MR) is 95.9 cm³/mol. The van der Waals surface area contributed by atoms with Crippen LogP contribution in [0.4, 0.5) is 4.39 Å². The van der Waals surface area contributed by atoms with E-state index in [1.807, 2.05) is 43.5 Å². The summed E-state index contributed by atoms with van der Waals surface area (Å²) in [6.07, 6.45) is 5.20. The third kappa shape index (κ3) is 2.85. The number of rotatable bonds is 4. The number of H-pyrrole nitrogens is 1. The summed E-state index contributed by atoms with van der Waals surface area (Å²) in [6, 6.07) is 13.0. The van der Waals surface area contributed by atoms with E-state index >= 15 is 0 Å². The van der Waals surface area contributed by atoms with Gasteiger partial charge in [-0.05, 0) is 31.2 Å². The number of hydrogen-bond acceptors (Lipinski definition) is 3. The minimum Gasteiger partial charge on any atom is -0.493 e. The lowest BCUT2D eigenvalue weighted by atomic mass is 10.0. The van der Waals surface area contributed by atoms with E-state index in [1.54, 1.807) is 12.3 Å². The van der Waals surface area contributed by atoms with Gasteiger partial charge in [0, 0.05) is 46.2 Å². The zero-order valence-electron chi connectivity index (χ0n) is 13.7. The Bertz CT molecular complexity index is 1020. The van der Waals surface area contributed by atoms with Crippen LogP contribution >= 0.6 is 0 Å². The maximum atomic E-state index is 13.1. The summed E-state index contributed by atoms with van der Waals surface area (Å²) in [7, 11) is 0. The SMILES string of the molecule is CCOc1ccccc1-c1c[nH]c2ncc(-c3ccc(F)nc3)cc12. The number of para-hydroxylation sites is 1. The molecule has 0 saturated heterocycles. The second-order valence-corrected chi connectivity index (χ2v) is 5.62. The highest BCUT2D eigenvalue weighted by molar-refractivity contribution is 5.97. The van der Waals surface area contributed by atoms with Crippen molar-refractivity contribution in [2.75, 3.05) is 6.61 Å². The number of benzene rings is 1. The molecule has 25 heavy (non-hydrogen) atoms. The molecule has 0 amide bonds. The van der Waals surface area contributed by atoms with Crippen molar-refractivity contribution in [3.63, 3.8) is 0 Å². The molecule has 0 unspecified atom stereocenters. The Balaban J connectivity index is 1.86. The molecule has 3 heterocycles. The molecule has 3 aromatic heterocycles. The van der Waals surface area contributed by atoms with Crippen LogP contribution in [-0.4, -0.2) is 21.6 Å². The summed E-state index contributed by atoms with van der Waals surface area (Å²) in [5.41, 5.74) is 4.52. The number of halogens is 1. The molecule has 124 valence electrons. The van der Waals surface area contributed by atoms with Crippen LogP contribution in [-0.2, 0) is 0 Å². The van der Waals surface area contributed by atoms with E-state index in [4.69, 9.17) is 4.74 Å². The summed E-state index contributed by atoms with van der Waals surface area (Å²) < 4.78 is 18.8. The fourth-order valence-corrected chi connectivity index (χ4v) is 2.90. The second-order valence-electron chi connectivity index (χ2n) is 5.62. The second kappa shape index (κ2) is 6.36. The lowest BCUT2D eigenvalue weighted by molar-refractivity contribution is 0.341. The Morgan fingerprint density at radius 2 is 1.84 bits per heavy atom. The van der Waals surface area contributed by atoms with Gasteiger partial charge in [0.05, 0.1) is 6.61 Å². The molecule has 4 rings (SSSR count). The summed E-state index contributed by atoms with van der Waals surface area (Å²) in [6.45, 7) is 2.57. The summed E-state index contributed by atoms with van der Waals surface area (Å²) in [5.74, 6) is 0.338. The summed E-state index contributed by atoms with van der Waals surface area (Å²) >= 11 is 0. The lowest BCUT2D eigenvalue weighted by Gasteiger charge is -2.09. The van der Waals surface area contributed by atoms with E-state index < -0.39 is 5.95 Å². The largest absolute Gasteiger partial charge is 0.493 e. The number of nitrogens with one attached hydrogen (secondary N) is 1. The van der Waals surface area contributed by atoms with Crippen LogP contribution in [0.15, 0.2) is 61.1 Å². The van der Waals surface area contributed by atoms with Crippen molar-refractivity contribution < 1.29 is 9.13 Å². The molecule has 0 spiro atoms. The smallest absolute Gasteiger partial charge is 0.212 e. The highest BCUT2D eigenvalue weighted by Gasteiger charge is 2.13. The van der Waals surface area contributed by atoms with Gasteiger partial charge in [0.2, 0.25) is 5.95 Å². The highest BCUT2D eigenvalue weighted by atomic mass is 19.1. The molecule has 0 aliphatic carbocycles. The quantitative estimate of drug-likeness (QED) is 0.544. The Labute approximate surface area is 144 Å². The van der Waals surface area contributed by atoms with E-state index in [-0.39, 0.29) is 0 Å². The summed E-state index contributed by atoms with van der Waals surface area (Å²) in [4.78, 5) is 11.4. The van der Waals surface area contributed by atoms with Crippen molar-refractivity contribution in [3.8, 4) is 28.0 Å². The first kappa shape index (κ1) is 15.3. The Morgan fingerprint density at radius 1 is 1.00 bits per heavy atom. The van der Waals surface area contributed by atoms with Gasteiger partial charge < -0.3 is 9.72 Å². The van der Waals surface area contributed by atoms with Crippen LogP contribution in [0.25, 0.3) is 33.3 Å². The van der Waals surface area contributed by atoms with Crippen molar-refractivity contribution in [3.05, 3.63) is 67.0 Å². The van der Waals surface area contributed by atoms with E-state index in [0.29, 0.717) is 6.61 Å². The molecule has 0 radical (unpaired) electrons. The molecule has 0 aliphatic rings. The molecule has 4 nitrogen and oxygen atoms in total. The number of fused-ring (bicyclic) bond motifs is 1. The summed E-state index contributed by atoms with van der Waals surface area (Å²) in [5, 5.41) is 0.981. The molecule has 1 N–H and O–H groups in total. The van der Waals surface area contributed by atoms with Crippen LogP contribution < -0.4 is 4.74 Å². The van der Waals surface area contributed by atoms with Gasteiger partial charge in [-0.2, -0.15) is 4.39 Å². The van der Waals surface area contributed by atoms with Gasteiger partial charge in [-0.3, -0.25) is 0 Å². The Morgan fingerprint density at radius 3 is 2.64 bits per heavy atom. The van der Waals surface area contributed by atoms with Gasteiger partial charge in [-0.1, -0.05) is 18.2 Å². The van der Waals surface area contributed by atoms with Gasteiger partial charge in [0.15, 0.2) is 0 Å². The average molecular weight is 333 g/mol. The average Bonchev–Trinajstić information content (AvgIpc) is 3.06. The first-order chi connectivity index (χ1) is 12.3. The molecule has 0 bridgehead atoms. The predicted octanol–water partition coefficient (Wildman–Crippen LogP) is 4.83. The number of nitrogens with zero attached hydrogens (tertiary/aromatic N) is 2. The first-order valence-electron chi connectivity index (χ1n) is 8.07. The molecular formula is C20H16FN3O. The van der Waals surface area contributed by atoms with E-state index in [2.05, 4.69) is 15.0 Å². The molecule has 0 aliphatic heterocycles. The molecular weight excluding hydrogens is 317 g/mol. The fourth-order valence-electron chi connectivity index (χ4n) is 2.90. The molecule has 0 fully saturated rings. The number of pyridine rings is 2. The third-order valence-corrected chi connectivity index (χ3v) is 4.07. The van der Waals surface area contributed by atoms with Crippen molar-refractivity contribution in [1.82, 2.24) is 15.0 Å². The standard InChI is InChI=1S/C20H16FN3O/c1-2-25-18-6-4-3-5-15(18)17-12-24-20-16(17)9-14(11-23-20)13-7-8-19(21)22-10-13/h3-12H,2H2,1H3,(H,23,24). The normalized spacial score (nSPS) is 11.0. The number of aromatic amines is 1. The zero-order chi connectivity index (χ0) is 17.2. The minimum atomic E-state index is -0.495. The maximum Gasteiger partial charge on any atom is 0.212 e. The molecule has 4 aromatic rings. The van der Waals surface area contributed by atoms with Crippen LogP contribution in [0, 0.1) is 5.95 Å².